The molecule has 0 fully saturated rings. The van der Waals surface area contributed by atoms with Gasteiger partial charge in [-0.05, 0) is 29.7 Å². The smallest absolute Gasteiger partial charge is 0.331 e. The number of aromatic hydroxyl groups is 1. The first-order chi connectivity index (χ1) is 12.5. The van der Waals surface area contributed by atoms with Crippen LogP contribution in [0.4, 0.5) is 0 Å². The summed E-state index contributed by atoms with van der Waals surface area (Å²) in [7, 11) is 3.09. The molecule has 0 aliphatic carbocycles. The number of methoxy groups -OCH3 is 2. The first-order valence-corrected chi connectivity index (χ1v) is 8.16. The van der Waals surface area contributed by atoms with Gasteiger partial charge in [-0.15, -0.1) is 6.58 Å². The highest BCUT2D eigenvalue weighted by Crippen LogP contribution is 2.38. The summed E-state index contributed by atoms with van der Waals surface area (Å²) in [4.78, 5) is 26.7. The Hall–Kier alpha value is -3.00. The van der Waals surface area contributed by atoms with Crippen molar-refractivity contribution in [3.8, 4) is 17.4 Å². The van der Waals surface area contributed by atoms with Crippen molar-refractivity contribution in [1.29, 1.82) is 0 Å². The second-order valence-electron chi connectivity index (χ2n) is 5.94. The van der Waals surface area contributed by atoms with Gasteiger partial charge in [-0.2, -0.15) is 0 Å². The third-order valence-corrected chi connectivity index (χ3v) is 4.51. The van der Waals surface area contributed by atoms with Crippen molar-refractivity contribution < 1.29 is 14.6 Å². The Bertz CT molecular complexity index is 961. The summed E-state index contributed by atoms with van der Waals surface area (Å²) in [5, 5.41) is 13.8. The van der Waals surface area contributed by atoms with E-state index in [0.29, 0.717) is 18.0 Å². The Labute approximate surface area is 149 Å². The fraction of sp³-hybridized carbons (Fsp3) is 0.333. The van der Waals surface area contributed by atoms with Crippen LogP contribution in [0.3, 0.4) is 0 Å². The molecule has 138 valence electrons. The van der Waals surface area contributed by atoms with Gasteiger partial charge in [0.15, 0.2) is 11.5 Å². The predicted molar refractivity (Wildman–Crippen MR) is 96.3 cm³/mol. The van der Waals surface area contributed by atoms with Crippen LogP contribution < -0.4 is 26.0 Å². The minimum Gasteiger partial charge on any atom is -0.494 e. The molecule has 1 atom stereocenters. The number of aromatic amines is 1. The minimum absolute atomic E-state index is 0.0830. The lowest BCUT2D eigenvalue weighted by molar-refractivity contribution is 0.352. The molecule has 8 nitrogen and oxygen atoms in total. The number of nitrogens with zero attached hydrogens (tertiary/aromatic N) is 1. The van der Waals surface area contributed by atoms with Crippen LogP contribution in [0.2, 0.25) is 0 Å². The van der Waals surface area contributed by atoms with Crippen LogP contribution in [0.5, 0.6) is 17.4 Å². The van der Waals surface area contributed by atoms with Gasteiger partial charge in [-0.3, -0.25) is 14.3 Å². The van der Waals surface area contributed by atoms with Crippen LogP contribution in [0.15, 0.2) is 34.4 Å². The molecular formula is C18H21N3O5. The maximum absolute atomic E-state index is 12.5. The fourth-order valence-corrected chi connectivity index (χ4v) is 3.27. The predicted octanol–water partition coefficient (Wildman–Crippen LogP) is 0.680. The molecule has 2 heterocycles. The van der Waals surface area contributed by atoms with Crippen LogP contribution in [-0.4, -0.2) is 35.4 Å². The summed E-state index contributed by atoms with van der Waals surface area (Å²) in [5.41, 5.74) is 0.539. The van der Waals surface area contributed by atoms with Crippen LogP contribution in [0, 0.1) is 0 Å². The molecule has 26 heavy (non-hydrogen) atoms. The van der Waals surface area contributed by atoms with Crippen LogP contribution in [0.25, 0.3) is 0 Å². The number of nitrogens with one attached hydrogen (secondary N) is 2. The van der Waals surface area contributed by atoms with Crippen molar-refractivity contribution in [2.75, 3.05) is 20.8 Å². The molecule has 0 saturated carbocycles. The van der Waals surface area contributed by atoms with E-state index in [4.69, 9.17) is 9.47 Å². The Kier molecular flexibility index (Phi) is 4.85. The second kappa shape index (κ2) is 7.09. The molecule has 0 radical (unpaired) electrons. The average Bonchev–Trinajstić information content (AvgIpc) is 2.64. The first kappa shape index (κ1) is 17.8. The zero-order valence-electron chi connectivity index (χ0n) is 14.7. The standard InChI is InChI=1S/C18H21N3O5/c1-4-7-21-17(23)14(16(22)20-18(21)24)15-11-9-13(26-3)12(25-2)8-10(11)5-6-19-15/h4,8-9,15,19,23H,1,5-7H2,2-3H3,(H,20,22,24)/t15-/m0/s1. The minimum atomic E-state index is -0.681. The number of hydrogen-bond donors (Lipinski definition) is 3. The van der Waals surface area contributed by atoms with E-state index in [1.807, 2.05) is 6.07 Å². The molecule has 2 aromatic rings. The topological polar surface area (TPSA) is 106 Å². The highest BCUT2D eigenvalue weighted by molar-refractivity contribution is 5.52. The molecule has 3 rings (SSSR count). The SMILES string of the molecule is C=CCn1c(O)c([C@H]2NCCc3cc(OC)c(OC)cc32)c(=O)[nH]c1=O. The number of H-pyrrole nitrogens is 1. The molecule has 1 aromatic heterocycles. The zero-order chi connectivity index (χ0) is 18.8. The number of benzene rings is 1. The van der Waals surface area contributed by atoms with E-state index in [1.54, 1.807) is 13.2 Å². The molecule has 8 heteroatoms. The van der Waals surface area contributed by atoms with Gasteiger partial charge in [0.2, 0.25) is 5.88 Å². The van der Waals surface area contributed by atoms with E-state index in [1.165, 1.54) is 13.2 Å². The monoisotopic (exact) mass is 359 g/mol. The van der Waals surface area contributed by atoms with E-state index < -0.39 is 17.3 Å². The fourth-order valence-electron chi connectivity index (χ4n) is 3.27. The van der Waals surface area contributed by atoms with Gasteiger partial charge in [0.25, 0.3) is 5.56 Å². The lowest BCUT2D eigenvalue weighted by Crippen LogP contribution is -2.39. The van der Waals surface area contributed by atoms with Crippen molar-refractivity contribution in [2.24, 2.45) is 0 Å². The normalized spacial score (nSPS) is 16.0. The zero-order valence-corrected chi connectivity index (χ0v) is 14.7. The van der Waals surface area contributed by atoms with Crippen molar-refractivity contribution in [3.05, 3.63) is 62.3 Å². The molecule has 0 spiro atoms. The van der Waals surface area contributed by atoms with Gasteiger partial charge < -0.3 is 19.9 Å². The molecule has 1 aliphatic heterocycles. The third-order valence-electron chi connectivity index (χ3n) is 4.51. The molecule has 0 bridgehead atoms. The van der Waals surface area contributed by atoms with Gasteiger partial charge >= 0.3 is 5.69 Å². The molecule has 0 saturated heterocycles. The number of allylic oxidation sites excluding steroid dienone is 1. The highest BCUT2D eigenvalue weighted by atomic mass is 16.5. The Morgan fingerprint density at radius 3 is 2.65 bits per heavy atom. The van der Waals surface area contributed by atoms with E-state index in [9.17, 15) is 14.7 Å². The summed E-state index contributed by atoms with van der Waals surface area (Å²) < 4.78 is 11.8. The molecular weight excluding hydrogens is 338 g/mol. The third kappa shape index (κ3) is 2.88. The molecule has 0 amide bonds. The number of aromatic nitrogens is 2. The van der Waals surface area contributed by atoms with Gasteiger partial charge in [-0.1, -0.05) is 6.08 Å². The molecule has 0 unspecified atom stereocenters. The summed E-state index contributed by atoms with van der Waals surface area (Å²) >= 11 is 0. The number of ether oxygens (including phenoxy) is 2. The lowest BCUT2D eigenvalue weighted by Gasteiger charge is -2.28. The Morgan fingerprint density at radius 2 is 2.00 bits per heavy atom. The Morgan fingerprint density at radius 1 is 1.31 bits per heavy atom. The maximum atomic E-state index is 12.5. The molecule has 1 aromatic carbocycles. The summed E-state index contributed by atoms with van der Waals surface area (Å²) in [6.07, 6.45) is 2.20. The number of fused-ring (bicyclic) bond motifs is 1. The van der Waals surface area contributed by atoms with Gasteiger partial charge in [0.05, 0.1) is 25.8 Å². The lowest BCUT2D eigenvalue weighted by atomic mass is 9.90. The van der Waals surface area contributed by atoms with E-state index in [0.717, 1.165) is 22.1 Å². The summed E-state index contributed by atoms with van der Waals surface area (Å²) in [6, 6.07) is 3.07. The van der Waals surface area contributed by atoms with Crippen molar-refractivity contribution in [2.45, 2.75) is 19.0 Å². The van der Waals surface area contributed by atoms with Crippen molar-refractivity contribution in [1.82, 2.24) is 14.9 Å². The van der Waals surface area contributed by atoms with Crippen LogP contribution >= 0.6 is 0 Å². The number of rotatable bonds is 5. The summed E-state index contributed by atoms with van der Waals surface area (Å²) in [6.45, 7) is 4.26. The molecule has 1 aliphatic rings. The second-order valence-corrected chi connectivity index (χ2v) is 5.94. The van der Waals surface area contributed by atoms with Crippen LogP contribution in [0.1, 0.15) is 22.7 Å². The van der Waals surface area contributed by atoms with Gasteiger partial charge in [0, 0.05) is 13.1 Å². The van der Waals surface area contributed by atoms with Gasteiger partial charge in [-0.25, -0.2) is 4.79 Å². The number of hydrogen-bond acceptors (Lipinski definition) is 6. The van der Waals surface area contributed by atoms with E-state index in [-0.39, 0.29) is 18.0 Å². The molecule has 3 N–H and O–H groups in total. The van der Waals surface area contributed by atoms with E-state index >= 15 is 0 Å². The van der Waals surface area contributed by atoms with Crippen molar-refractivity contribution >= 4 is 0 Å². The van der Waals surface area contributed by atoms with E-state index in [2.05, 4.69) is 16.9 Å². The largest absolute Gasteiger partial charge is 0.494 e. The van der Waals surface area contributed by atoms with Gasteiger partial charge in [0.1, 0.15) is 0 Å². The summed E-state index contributed by atoms with van der Waals surface area (Å²) in [5.74, 6) is 0.746. The Balaban J connectivity index is 2.22. The first-order valence-electron chi connectivity index (χ1n) is 8.16. The highest BCUT2D eigenvalue weighted by Gasteiger charge is 2.29. The average molecular weight is 359 g/mol. The quantitative estimate of drug-likeness (QED) is 0.678. The van der Waals surface area contributed by atoms with Crippen LogP contribution in [-0.2, 0) is 13.0 Å². The van der Waals surface area contributed by atoms with Crippen molar-refractivity contribution in [3.63, 3.8) is 0 Å². The maximum Gasteiger partial charge on any atom is 0.331 e.